The molecule has 2 aromatic rings. The van der Waals surface area contributed by atoms with Crippen molar-refractivity contribution >= 4 is 5.69 Å². The first-order valence-electron chi connectivity index (χ1n) is 6.23. The zero-order valence-corrected chi connectivity index (χ0v) is 10.8. The summed E-state index contributed by atoms with van der Waals surface area (Å²) in [5, 5.41) is 3.46. The normalized spacial score (nSPS) is 12.3. The first-order valence-corrected chi connectivity index (χ1v) is 6.23. The highest BCUT2D eigenvalue weighted by Gasteiger charge is 2.07. The minimum absolute atomic E-state index is 0.273. The van der Waals surface area contributed by atoms with Crippen LogP contribution in [0.25, 0.3) is 5.69 Å². The molecule has 0 saturated carbocycles. The number of ether oxygens (including phenoxy) is 1. The Morgan fingerprint density at radius 1 is 1.39 bits per heavy atom. The third-order valence-electron chi connectivity index (χ3n) is 2.66. The van der Waals surface area contributed by atoms with Crippen LogP contribution in [0.1, 0.15) is 13.8 Å². The van der Waals surface area contributed by atoms with Crippen LogP contribution >= 0.6 is 0 Å². The second-order valence-electron chi connectivity index (χ2n) is 4.19. The summed E-state index contributed by atoms with van der Waals surface area (Å²) in [5.41, 5.74) is 2.18. The van der Waals surface area contributed by atoms with E-state index in [1.165, 1.54) is 0 Å². The van der Waals surface area contributed by atoms with Crippen LogP contribution < -0.4 is 5.32 Å². The van der Waals surface area contributed by atoms with Gasteiger partial charge in [0.2, 0.25) is 0 Å². The van der Waals surface area contributed by atoms with Gasteiger partial charge in [-0.15, -0.1) is 0 Å². The van der Waals surface area contributed by atoms with Crippen molar-refractivity contribution in [1.29, 1.82) is 0 Å². The number of hydrogen-bond donors (Lipinski definition) is 1. The first-order chi connectivity index (χ1) is 8.81. The van der Waals surface area contributed by atoms with Gasteiger partial charge in [-0.25, -0.2) is 4.98 Å². The lowest BCUT2D eigenvalue weighted by Gasteiger charge is -2.18. The quantitative estimate of drug-likeness (QED) is 0.850. The van der Waals surface area contributed by atoms with E-state index in [0.717, 1.165) is 18.0 Å². The van der Waals surface area contributed by atoms with Gasteiger partial charge in [-0.05, 0) is 26.0 Å². The molecule has 0 aliphatic rings. The molecule has 0 fully saturated rings. The molecule has 0 saturated heterocycles. The third-order valence-corrected chi connectivity index (χ3v) is 2.66. The van der Waals surface area contributed by atoms with E-state index in [9.17, 15) is 0 Å². The summed E-state index contributed by atoms with van der Waals surface area (Å²) in [5.74, 6) is 0. The molecular formula is C14H19N3O. The SMILES string of the molecule is CCOCC(C)Nc1ccccc1-n1ccnc1. The van der Waals surface area contributed by atoms with Gasteiger partial charge in [-0.1, -0.05) is 12.1 Å². The standard InChI is InChI=1S/C14H19N3O/c1-3-18-10-12(2)16-13-6-4-5-7-14(13)17-9-8-15-11-17/h4-9,11-12,16H,3,10H2,1-2H3. The van der Waals surface area contributed by atoms with Crippen LogP contribution in [0.15, 0.2) is 43.0 Å². The third kappa shape index (κ3) is 3.11. The number of benzene rings is 1. The molecule has 1 aromatic carbocycles. The second kappa shape index (κ2) is 6.21. The van der Waals surface area contributed by atoms with Gasteiger partial charge in [-0.3, -0.25) is 0 Å². The summed E-state index contributed by atoms with van der Waals surface area (Å²) >= 11 is 0. The lowest BCUT2D eigenvalue weighted by molar-refractivity contribution is 0.141. The molecule has 18 heavy (non-hydrogen) atoms. The van der Waals surface area contributed by atoms with Crippen LogP contribution in [-0.4, -0.2) is 28.8 Å². The summed E-state index contributed by atoms with van der Waals surface area (Å²) in [6.07, 6.45) is 5.52. The number of aromatic nitrogens is 2. The van der Waals surface area contributed by atoms with Gasteiger partial charge in [0, 0.05) is 25.0 Å². The Morgan fingerprint density at radius 3 is 2.94 bits per heavy atom. The molecule has 0 spiro atoms. The van der Waals surface area contributed by atoms with E-state index in [4.69, 9.17) is 4.74 Å². The van der Waals surface area contributed by atoms with E-state index in [1.807, 2.05) is 29.8 Å². The Morgan fingerprint density at radius 2 is 2.22 bits per heavy atom. The predicted octanol–water partition coefficient (Wildman–Crippen LogP) is 2.71. The Bertz CT molecular complexity index is 468. The zero-order valence-electron chi connectivity index (χ0n) is 10.8. The molecule has 4 nitrogen and oxygen atoms in total. The highest BCUT2D eigenvalue weighted by atomic mass is 16.5. The predicted molar refractivity (Wildman–Crippen MR) is 73.1 cm³/mol. The van der Waals surface area contributed by atoms with Crippen molar-refractivity contribution in [2.45, 2.75) is 19.9 Å². The summed E-state index contributed by atoms with van der Waals surface area (Å²) in [4.78, 5) is 4.08. The molecule has 0 aliphatic carbocycles. The van der Waals surface area contributed by atoms with Crippen molar-refractivity contribution < 1.29 is 4.74 Å². The van der Waals surface area contributed by atoms with E-state index in [1.54, 1.807) is 12.5 Å². The molecular weight excluding hydrogens is 226 g/mol. The number of rotatable bonds is 6. The van der Waals surface area contributed by atoms with Crippen LogP contribution in [0.5, 0.6) is 0 Å². The summed E-state index contributed by atoms with van der Waals surface area (Å²) in [7, 11) is 0. The van der Waals surface area contributed by atoms with E-state index < -0.39 is 0 Å². The van der Waals surface area contributed by atoms with E-state index in [0.29, 0.717) is 6.61 Å². The Labute approximate surface area is 108 Å². The van der Waals surface area contributed by atoms with Gasteiger partial charge in [-0.2, -0.15) is 0 Å². The topological polar surface area (TPSA) is 39.1 Å². The van der Waals surface area contributed by atoms with E-state index in [-0.39, 0.29) is 6.04 Å². The van der Waals surface area contributed by atoms with Gasteiger partial charge in [0.15, 0.2) is 0 Å². The molecule has 0 bridgehead atoms. The molecule has 1 heterocycles. The van der Waals surface area contributed by atoms with Crippen LogP contribution in [-0.2, 0) is 4.74 Å². The van der Waals surface area contributed by atoms with Crippen molar-refractivity contribution in [1.82, 2.24) is 9.55 Å². The summed E-state index contributed by atoms with van der Waals surface area (Å²) < 4.78 is 7.41. The first kappa shape index (κ1) is 12.6. The number of para-hydroxylation sites is 2. The summed E-state index contributed by atoms with van der Waals surface area (Å²) in [6, 6.07) is 8.45. The van der Waals surface area contributed by atoms with E-state index >= 15 is 0 Å². The molecule has 4 heteroatoms. The molecule has 1 unspecified atom stereocenters. The highest BCUT2D eigenvalue weighted by molar-refractivity contribution is 5.61. The Hall–Kier alpha value is -1.81. The van der Waals surface area contributed by atoms with Crippen LogP contribution in [0, 0.1) is 0 Å². The monoisotopic (exact) mass is 245 g/mol. The maximum Gasteiger partial charge on any atom is 0.0992 e. The summed E-state index contributed by atoms with van der Waals surface area (Å²) in [6.45, 7) is 5.57. The fourth-order valence-corrected chi connectivity index (χ4v) is 1.82. The minimum atomic E-state index is 0.273. The van der Waals surface area contributed by atoms with Gasteiger partial charge in [0.05, 0.1) is 24.3 Å². The van der Waals surface area contributed by atoms with Crippen molar-refractivity contribution in [2.24, 2.45) is 0 Å². The number of nitrogens with one attached hydrogen (secondary N) is 1. The lowest BCUT2D eigenvalue weighted by atomic mass is 10.2. The van der Waals surface area contributed by atoms with Crippen molar-refractivity contribution in [2.75, 3.05) is 18.5 Å². The average molecular weight is 245 g/mol. The largest absolute Gasteiger partial charge is 0.380 e. The second-order valence-corrected chi connectivity index (χ2v) is 4.19. The molecule has 0 radical (unpaired) electrons. The van der Waals surface area contributed by atoms with Gasteiger partial charge in [0.25, 0.3) is 0 Å². The maximum absolute atomic E-state index is 5.42. The molecule has 0 amide bonds. The average Bonchev–Trinajstić information content (AvgIpc) is 2.91. The van der Waals surface area contributed by atoms with Crippen LogP contribution in [0.2, 0.25) is 0 Å². The number of nitrogens with zero attached hydrogens (tertiary/aromatic N) is 2. The molecule has 0 aliphatic heterocycles. The van der Waals surface area contributed by atoms with Crippen molar-refractivity contribution in [3.05, 3.63) is 43.0 Å². The number of anilines is 1. The molecule has 96 valence electrons. The van der Waals surface area contributed by atoms with Crippen molar-refractivity contribution in [3.8, 4) is 5.69 Å². The smallest absolute Gasteiger partial charge is 0.0992 e. The molecule has 1 aromatic heterocycles. The lowest BCUT2D eigenvalue weighted by Crippen LogP contribution is -2.22. The van der Waals surface area contributed by atoms with Crippen LogP contribution in [0.3, 0.4) is 0 Å². The molecule has 2 rings (SSSR count). The maximum atomic E-state index is 5.42. The Balaban J connectivity index is 2.13. The zero-order chi connectivity index (χ0) is 12.8. The van der Waals surface area contributed by atoms with Gasteiger partial charge < -0.3 is 14.6 Å². The number of hydrogen-bond acceptors (Lipinski definition) is 3. The van der Waals surface area contributed by atoms with Gasteiger partial charge >= 0.3 is 0 Å². The number of imidazole rings is 1. The minimum Gasteiger partial charge on any atom is -0.380 e. The fourth-order valence-electron chi connectivity index (χ4n) is 1.82. The van der Waals surface area contributed by atoms with Crippen LogP contribution in [0.4, 0.5) is 5.69 Å². The molecule has 1 N–H and O–H groups in total. The Kier molecular flexibility index (Phi) is 4.36. The van der Waals surface area contributed by atoms with E-state index in [2.05, 4.69) is 29.4 Å². The van der Waals surface area contributed by atoms with Crippen molar-refractivity contribution in [3.63, 3.8) is 0 Å². The highest BCUT2D eigenvalue weighted by Crippen LogP contribution is 2.20. The van der Waals surface area contributed by atoms with Gasteiger partial charge in [0.1, 0.15) is 0 Å². The molecule has 1 atom stereocenters. The fraction of sp³-hybridized carbons (Fsp3) is 0.357.